The number of hydrogen-bond donors (Lipinski definition) is 1. The molecule has 12 heavy (non-hydrogen) atoms. The summed E-state index contributed by atoms with van der Waals surface area (Å²) in [5.41, 5.74) is 0.0225. The Bertz CT molecular complexity index is 317. The van der Waals surface area contributed by atoms with E-state index in [-0.39, 0.29) is 5.69 Å². The minimum atomic E-state index is 0.0225. The first-order chi connectivity index (χ1) is 5.79. The number of imidazole rings is 1. The number of hydrogen-bond acceptors (Lipinski definition) is 2. The molecule has 0 aliphatic carbocycles. The Labute approximate surface area is 75.2 Å². The van der Waals surface area contributed by atoms with E-state index in [0.29, 0.717) is 11.3 Å². The Hall–Kier alpha value is -0.640. The van der Waals surface area contributed by atoms with Crippen LogP contribution in [0.2, 0.25) is 0 Å². The first kappa shape index (κ1) is 7.98. The largest absolute Gasteiger partial charge is 0.325 e. The first-order valence-corrected chi connectivity index (χ1v) is 5.21. The van der Waals surface area contributed by atoms with Gasteiger partial charge in [0.2, 0.25) is 0 Å². The van der Waals surface area contributed by atoms with Crippen LogP contribution in [0.25, 0.3) is 0 Å². The average molecular weight is 184 g/mol. The van der Waals surface area contributed by atoms with Crippen LogP contribution >= 0.6 is 11.8 Å². The lowest BCUT2D eigenvalue weighted by Gasteiger charge is -2.14. The van der Waals surface area contributed by atoms with E-state index >= 15 is 0 Å². The van der Waals surface area contributed by atoms with Gasteiger partial charge in [0.25, 0.3) is 0 Å². The van der Waals surface area contributed by atoms with E-state index in [2.05, 4.69) is 11.9 Å². The van der Waals surface area contributed by atoms with Crippen molar-refractivity contribution in [3.63, 3.8) is 0 Å². The van der Waals surface area contributed by atoms with E-state index in [1.54, 1.807) is 6.20 Å². The summed E-state index contributed by atoms with van der Waals surface area (Å²) in [5, 5.41) is 0.568. The number of nitrogens with zero attached hydrogens (tertiary/aromatic N) is 1. The van der Waals surface area contributed by atoms with Gasteiger partial charge < -0.3 is 4.98 Å². The predicted molar refractivity (Wildman–Crippen MR) is 50.6 cm³/mol. The summed E-state index contributed by atoms with van der Waals surface area (Å²) in [4.78, 5) is 13.9. The van der Waals surface area contributed by atoms with Gasteiger partial charge in [0.15, 0.2) is 0 Å². The van der Waals surface area contributed by atoms with Crippen molar-refractivity contribution >= 4 is 11.8 Å². The van der Waals surface area contributed by atoms with Crippen LogP contribution in [0.5, 0.6) is 0 Å². The van der Waals surface area contributed by atoms with Gasteiger partial charge in [-0.05, 0) is 12.2 Å². The molecule has 2 unspecified atom stereocenters. The molecule has 1 aliphatic rings. The third kappa shape index (κ3) is 1.20. The molecule has 0 bridgehead atoms. The monoisotopic (exact) mass is 184 g/mol. The Morgan fingerprint density at radius 3 is 3.08 bits per heavy atom. The van der Waals surface area contributed by atoms with Gasteiger partial charge in [-0.3, -0.25) is 4.57 Å². The molecule has 2 heterocycles. The molecular formula is C8H12N2OS. The van der Waals surface area contributed by atoms with Crippen molar-refractivity contribution in [2.24, 2.45) is 0 Å². The van der Waals surface area contributed by atoms with Crippen LogP contribution in [0.15, 0.2) is 17.2 Å². The predicted octanol–water partition coefficient (Wildman–Crippen LogP) is 1.24. The Balaban J connectivity index is 2.30. The fraction of sp³-hybridized carbons (Fsp3) is 0.625. The number of rotatable bonds is 1. The molecule has 1 aromatic rings. The zero-order valence-corrected chi connectivity index (χ0v) is 7.80. The lowest BCUT2D eigenvalue weighted by molar-refractivity contribution is 0.491. The molecule has 2 atom stereocenters. The molecule has 1 N–H and O–H groups in total. The van der Waals surface area contributed by atoms with Crippen molar-refractivity contribution in [3.05, 3.63) is 22.9 Å². The molecule has 0 saturated carbocycles. The van der Waals surface area contributed by atoms with E-state index in [9.17, 15) is 4.79 Å². The molecule has 1 saturated heterocycles. The highest BCUT2D eigenvalue weighted by Crippen LogP contribution is 2.34. The summed E-state index contributed by atoms with van der Waals surface area (Å²) in [6.07, 6.45) is 4.66. The van der Waals surface area contributed by atoms with Crippen LogP contribution < -0.4 is 5.69 Å². The highest BCUT2D eigenvalue weighted by Gasteiger charge is 2.26. The fourth-order valence-corrected chi connectivity index (χ4v) is 2.92. The van der Waals surface area contributed by atoms with Gasteiger partial charge in [-0.2, -0.15) is 11.8 Å². The molecule has 0 aromatic carbocycles. The van der Waals surface area contributed by atoms with Crippen LogP contribution in [0.3, 0.4) is 0 Å². The molecule has 1 fully saturated rings. The summed E-state index contributed by atoms with van der Waals surface area (Å²) in [6, 6.07) is 0.397. The number of thioether (sulfide) groups is 1. The lowest BCUT2D eigenvalue weighted by Crippen LogP contribution is -2.24. The van der Waals surface area contributed by atoms with E-state index in [1.807, 2.05) is 22.5 Å². The smallest absolute Gasteiger partial charge is 0.313 e. The second kappa shape index (κ2) is 3.01. The molecule has 3 nitrogen and oxygen atoms in total. The van der Waals surface area contributed by atoms with Crippen LogP contribution in [-0.2, 0) is 0 Å². The molecule has 1 aromatic heterocycles. The van der Waals surface area contributed by atoms with Crippen molar-refractivity contribution in [2.75, 3.05) is 5.75 Å². The maximum absolute atomic E-state index is 11.2. The van der Waals surface area contributed by atoms with Crippen molar-refractivity contribution in [1.82, 2.24) is 9.55 Å². The molecule has 0 spiro atoms. The molecule has 0 amide bonds. The number of nitrogens with one attached hydrogen (secondary N) is 1. The van der Waals surface area contributed by atoms with Crippen molar-refractivity contribution in [3.8, 4) is 0 Å². The summed E-state index contributed by atoms with van der Waals surface area (Å²) in [5.74, 6) is 1.17. The SMILES string of the molecule is CC1SCCC1n1cc[nH]c1=O. The van der Waals surface area contributed by atoms with E-state index in [1.165, 1.54) is 5.75 Å². The molecule has 2 rings (SSSR count). The third-order valence-corrected chi connectivity index (χ3v) is 3.68. The third-order valence-electron chi connectivity index (χ3n) is 2.37. The zero-order chi connectivity index (χ0) is 8.55. The zero-order valence-electron chi connectivity index (χ0n) is 6.99. The van der Waals surface area contributed by atoms with E-state index in [4.69, 9.17) is 0 Å². The Morgan fingerprint density at radius 2 is 2.58 bits per heavy atom. The standard InChI is InChI=1S/C8H12N2OS/c1-6-7(2-5-12-6)10-4-3-9-8(10)11/h3-4,6-7H,2,5H2,1H3,(H,9,11). The minimum Gasteiger partial charge on any atom is -0.313 e. The second-order valence-electron chi connectivity index (χ2n) is 3.10. The molecule has 0 radical (unpaired) electrons. The lowest BCUT2D eigenvalue weighted by atomic mass is 10.2. The minimum absolute atomic E-state index is 0.0225. The molecule has 4 heteroatoms. The van der Waals surface area contributed by atoms with Crippen molar-refractivity contribution in [1.29, 1.82) is 0 Å². The highest BCUT2D eigenvalue weighted by atomic mass is 32.2. The molecular weight excluding hydrogens is 172 g/mol. The maximum atomic E-state index is 11.2. The topological polar surface area (TPSA) is 37.8 Å². The number of aromatic nitrogens is 2. The molecule has 1 aliphatic heterocycles. The quantitative estimate of drug-likeness (QED) is 0.713. The van der Waals surface area contributed by atoms with Crippen molar-refractivity contribution < 1.29 is 0 Å². The fourth-order valence-electron chi connectivity index (χ4n) is 1.68. The van der Waals surface area contributed by atoms with Crippen LogP contribution in [0.1, 0.15) is 19.4 Å². The normalized spacial score (nSPS) is 29.4. The van der Waals surface area contributed by atoms with Gasteiger partial charge in [0.1, 0.15) is 0 Å². The van der Waals surface area contributed by atoms with Gasteiger partial charge >= 0.3 is 5.69 Å². The van der Waals surface area contributed by atoms with Gasteiger partial charge in [0, 0.05) is 17.6 Å². The van der Waals surface area contributed by atoms with Gasteiger partial charge in [-0.25, -0.2) is 4.79 Å². The highest BCUT2D eigenvalue weighted by molar-refractivity contribution is 8.00. The summed E-state index contributed by atoms with van der Waals surface area (Å²) in [6.45, 7) is 2.18. The van der Waals surface area contributed by atoms with E-state index < -0.39 is 0 Å². The number of aromatic amines is 1. The summed E-state index contributed by atoms with van der Waals surface area (Å²) >= 11 is 1.94. The summed E-state index contributed by atoms with van der Waals surface area (Å²) < 4.78 is 1.81. The van der Waals surface area contributed by atoms with Crippen LogP contribution in [0.4, 0.5) is 0 Å². The van der Waals surface area contributed by atoms with Crippen LogP contribution in [0, 0.1) is 0 Å². The van der Waals surface area contributed by atoms with Gasteiger partial charge in [-0.15, -0.1) is 0 Å². The first-order valence-electron chi connectivity index (χ1n) is 4.16. The van der Waals surface area contributed by atoms with Crippen LogP contribution in [-0.4, -0.2) is 20.6 Å². The number of H-pyrrole nitrogens is 1. The second-order valence-corrected chi connectivity index (χ2v) is 4.59. The average Bonchev–Trinajstić information content (AvgIpc) is 2.59. The van der Waals surface area contributed by atoms with Crippen molar-refractivity contribution in [2.45, 2.75) is 24.6 Å². The van der Waals surface area contributed by atoms with E-state index in [0.717, 1.165) is 6.42 Å². The van der Waals surface area contributed by atoms with Gasteiger partial charge in [-0.1, -0.05) is 6.92 Å². The maximum Gasteiger partial charge on any atom is 0.325 e. The Kier molecular flexibility index (Phi) is 2.00. The summed E-state index contributed by atoms with van der Waals surface area (Å²) in [7, 11) is 0. The van der Waals surface area contributed by atoms with Gasteiger partial charge in [0.05, 0.1) is 6.04 Å². The molecule has 66 valence electrons. The Morgan fingerprint density at radius 1 is 1.75 bits per heavy atom.